The Morgan fingerprint density at radius 3 is 2.61 bits per heavy atom. The smallest absolute Gasteiger partial charge is 0.255 e. The lowest BCUT2D eigenvalue weighted by atomic mass is 10.1. The highest BCUT2D eigenvalue weighted by molar-refractivity contribution is 6.09. The van der Waals surface area contributed by atoms with Gasteiger partial charge in [-0.15, -0.1) is 0 Å². The summed E-state index contributed by atoms with van der Waals surface area (Å²) in [5.41, 5.74) is 3.14. The fourth-order valence-electron chi connectivity index (χ4n) is 4.48. The van der Waals surface area contributed by atoms with Crippen molar-refractivity contribution in [3.05, 3.63) is 78.6 Å². The van der Waals surface area contributed by atoms with Crippen molar-refractivity contribution >= 4 is 28.5 Å². The number of carbonyl (C=O) groups excluding carboxylic acids is 2. The molecule has 0 atom stereocenters. The molecule has 8 heteroatoms. The van der Waals surface area contributed by atoms with E-state index in [9.17, 15) is 9.59 Å². The first-order valence-corrected chi connectivity index (χ1v) is 11.3. The zero-order valence-electron chi connectivity index (χ0n) is 18.3. The number of aromatic nitrogens is 4. The summed E-state index contributed by atoms with van der Waals surface area (Å²) in [7, 11) is 0. The normalized spacial score (nSPS) is 13.9. The predicted octanol–water partition coefficient (Wildman–Crippen LogP) is 4.03. The SMILES string of the molecule is O=C(Nc1cc(C(=O)NCCn2ccnc2)c2c(c1)ncn2C1CCCC1)c1ccccc1. The zero-order valence-corrected chi connectivity index (χ0v) is 18.3. The van der Waals surface area contributed by atoms with Crippen LogP contribution in [-0.4, -0.2) is 37.5 Å². The molecule has 33 heavy (non-hydrogen) atoms. The minimum absolute atomic E-state index is 0.185. The van der Waals surface area contributed by atoms with E-state index in [0.29, 0.717) is 41.5 Å². The molecule has 0 spiro atoms. The van der Waals surface area contributed by atoms with Crippen molar-refractivity contribution in [2.24, 2.45) is 0 Å². The van der Waals surface area contributed by atoms with Crippen LogP contribution in [0.25, 0.3) is 11.0 Å². The van der Waals surface area contributed by atoms with Gasteiger partial charge in [-0.2, -0.15) is 0 Å². The fourth-order valence-corrected chi connectivity index (χ4v) is 4.48. The average Bonchev–Trinajstić information content (AvgIpc) is 3.60. The predicted molar refractivity (Wildman–Crippen MR) is 126 cm³/mol. The second-order valence-corrected chi connectivity index (χ2v) is 8.36. The Kier molecular flexibility index (Phi) is 5.89. The minimum atomic E-state index is -0.225. The van der Waals surface area contributed by atoms with E-state index in [0.717, 1.165) is 18.4 Å². The number of carbonyl (C=O) groups is 2. The maximum Gasteiger partial charge on any atom is 0.255 e. The molecule has 168 valence electrons. The van der Waals surface area contributed by atoms with Gasteiger partial charge in [0.2, 0.25) is 0 Å². The molecule has 2 heterocycles. The van der Waals surface area contributed by atoms with Crippen molar-refractivity contribution in [2.45, 2.75) is 38.3 Å². The second kappa shape index (κ2) is 9.28. The van der Waals surface area contributed by atoms with Crippen LogP contribution in [0.1, 0.15) is 52.4 Å². The lowest BCUT2D eigenvalue weighted by Gasteiger charge is -2.16. The fraction of sp³-hybridized carbons (Fsp3) is 0.280. The summed E-state index contributed by atoms with van der Waals surface area (Å²) in [5.74, 6) is -0.410. The van der Waals surface area contributed by atoms with E-state index in [1.165, 1.54) is 12.8 Å². The number of fused-ring (bicyclic) bond motifs is 1. The molecule has 1 saturated carbocycles. The Morgan fingerprint density at radius 1 is 1.03 bits per heavy atom. The standard InChI is InChI=1S/C25H26N6O2/c32-24(18-6-2-1-3-7-18)29-19-14-21(25(33)27-11-13-30-12-10-26-16-30)23-22(15-19)28-17-31(23)20-8-4-5-9-20/h1-3,6-7,10,12,14-17,20H,4-5,8-9,11,13H2,(H,27,33)(H,29,32). The third-order valence-electron chi connectivity index (χ3n) is 6.14. The van der Waals surface area contributed by atoms with E-state index in [1.807, 2.05) is 41.4 Å². The third kappa shape index (κ3) is 4.50. The first-order chi connectivity index (χ1) is 16.2. The van der Waals surface area contributed by atoms with Crippen molar-refractivity contribution in [1.29, 1.82) is 0 Å². The van der Waals surface area contributed by atoms with Crippen LogP contribution in [0, 0.1) is 0 Å². The van der Waals surface area contributed by atoms with Gasteiger partial charge in [0, 0.05) is 42.8 Å². The molecular formula is C25H26N6O2. The molecule has 0 bridgehead atoms. The molecule has 2 amide bonds. The number of benzene rings is 2. The van der Waals surface area contributed by atoms with Gasteiger partial charge in [0.1, 0.15) is 0 Å². The molecule has 2 N–H and O–H groups in total. The summed E-state index contributed by atoms with van der Waals surface area (Å²) < 4.78 is 4.05. The summed E-state index contributed by atoms with van der Waals surface area (Å²) in [6, 6.07) is 13.0. The summed E-state index contributed by atoms with van der Waals surface area (Å²) in [4.78, 5) is 34.6. The van der Waals surface area contributed by atoms with Crippen molar-refractivity contribution < 1.29 is 9.59 Å². The summed E-state index contributed by atoms with van der Waals surface area (Å²) >= 11 is 0. The van der Waals surface area contributed by atoms with E-state index in [2.05, 4.69) is 25.2 Å². The maximum atomic E-state index is 13.3. The second-order valence-electron chi connectivity index (χ2n) is 8.36. The molecule has 1 aliphatic carbocycles. The molecule has 2 aromatic heterocycles. The van der Waals surface area contributed by atoms with Crippen molar-refractivity contribution in [1.82, 2.24) is 24.4 Å². The Balaban J connectivity index is 1.45. The Hall–Kier alpha value is -3.94. The van der Waals surface area contributed by atoms with Crippen molar-refractivity contribution in [3.63, 3.8) is 0 Å². The molecule has 4 aromatic rings. The molecule has 8 nitrogen and oxygen atoms in total. The van der Waals surface area contributed by atoms with Crippen LogP contribution in [0.5, 0.6) is 0 Å². The van der Waals surface area contributed by atoms with Crippen LogP contribution in [-0.2, 0) is 6.54 Å². The summed E-state index contributed by atoms with van der Waals surface area (Å²) in [5, 5.41) is 5.93. The average molecular weight is 443 g/mol. The summed E-state index contributed by atoms with van der Waals surface area (Å²) in [6.45, 7) is 1.09. The summed E-state index contributed by atoms with van der Waals surface area (Å²) in [6.07, 6.45) is 11.7. The molecule has 0 radical (unpaired) electrons. The topological polar surface area (TPSA) is 93.8 Å². The quantitative estimate of drug-likeness (QED) is 0.452. The molecule has 2 aromatic carbocycles. The largest absolute Gasteiger partial charge is 0.350 e. The Bertz CT molecular complexity index is 1260. The highest BCUT2D eigenvalue weighted by Crippen LogP contribution is 2.34. The molecule has 1 fully saturated rings. The first-order valence-electron chi connectivity index (χ1n) is 11.3. The van der Waals surface area contributed by atoms with Gasteiger partial charge in [-0.05, 0) is 37.1 Å². The van der Waals surface area contributed by atoms with Gasteiger partial charge < -0.3 is 19.8 Å². The van der Waals surface area contributed by atoms with Crippen molar-refractivity contribution in [2.75, 3.05) is 11.9 Å². The van der Waals surface area contributed by atoms with Gasteiger partial charge in [-0.3, -0.25) is 9.59 Å². The number of anilines is 1. The number of nitrogens with zero attached hydrogens (tertiary/aromatic N) is 4. The van der Waals surface area contributed by atoms with Gasteiger partial charge in [-0.1, -0.05) is 31.0 Å². The minimum Gasteiger partial charge on any atom is -0.350 e. The monoisotopic (exact) mass is 442 g/mol. The van der Waals surface area contributed by atoms with Crippen LogP contribution >= 0.6 is 0 Å². The highest BCUT2D eigenvalue weighted by atomic mass is 16.2. The van der Waals surface area contributed by atoms with Crippen LogP contribution in [0.15, 0.2) is 67.5 Å². The molecule has 0 aliphatic heterocycles. The van der Waals surface area contributed by atoms with Crippen LogP contribution < -0.4 is 10.6 Å². The third-order valence-corrected chi connectivity index (χ3v) is 6.14. The van der Waals surface area contributed by atoms with Gasteiger partial charge in [0.15, 0.2) is 0 Å². The molecule has 0 saturated heterocycles. The molecule has 5 rings (SSSR count). The highest BCUT2D eigenvalue weighted by Gasteiger charge is 2.23. The Morgan fingerprint density at radius 2 is 1.85 bits per heavy atom. The van der Waals surface area contributed by atoms with Crippen LogP contribution in [0.2, 0.25) is 0 Å². The van der Waals surface area contributed by atoms with E-state index >= 15 is 0 Å². The van der Waals surface area contributed by atoms with E-state index in [4.69, 9.17) is 0 Å². The lowest BCUT2D eigenvalue weighted by Crippen LogP contribution is -2.28. The van der Waals surface area contributed by atoms with Crippen molar-refractivity contribution in [3.8, 4) is 0 Å². The molecule has 0 unspecified atom stereocenters. The molecule has 1 aliphatic rings. The lowest BCUT2D eigenvalue weighted by molar-refractivity contribution is 0.0952. The maximum absolute atomic E-state index is 13.3. The number of amides is 2. The first kappa shape index (κ1) is 20.9. The number of hydrogen-bond acceptors (Lipinski definition) is 4. The van der Waals surface area contributed by atoms with Gasteiger partial charge in [0.05, 0.1) is 29.3 Å². The van der Waals surface area contributed by atoms with Crippen LogP contribution in [0.4, 0.5) is 5.69 Å². The van der Waals surface area contributed by atoms with E-state index in [-0.39, 0.29) is 11.8 Å². The van der Waals surface area contributed by atoms with E-state index < -0.39 is 0 Å². The number of rotatable bonds is 7. The van der Waals surface area contributed by atoms with E-state index in [1.54, 1.807) is 30.7 Å². The number of hydrogen-bond donors (Lipinski definition) is 2. The zero-order chi connectivity index (χ0) is 22.6. The van der Waals surface area contributed by atoms with Gasteiger partial charge in [-0.25, -0.2) is 9.97 Å². The number of imidazole rings is 2. The Labute approximate surface area is 191 Å². The van der Waals surface area contributed by atoms with Gasteiger partial charge >= 0.3 is 0 Å². The molecular weight excluding hydrogens is 416 g/mol. The number of nitrogens with one attached hydrogen (secondary N) is 2. The van der Waals surface area contributed by atoms with Crippen LogP contribution in [0.3, 0.4) is 0 Å². The van der Waals surface area contributed by atoms with Gasteiger partial charge in [0.25, 0.3) is 11.8 Å².